The molecule has 0 radical (unpaired) electrons. The minimum Gasteiger partial charge on any atom is -0.743 e. The van der Waals surface area contributed by atoms with Crippen molar-refractivity contribution in [3.8, 4) is 0 Å². The SMILES string of the molecule is O=S(=O)([O-])C(F)(F)C(F)(F)C(F)(F)C(F)(F)F.O=S(=O)([O-])C(F)(F)C(F)(F)C(F)(F)C(F)(F)F.O=S(=O)([O-])C(F)(F)C(F)(F)C(F)(F)C(F)(F)F.c1ccc([S+](c2ccccc2)c2ccc(Cc3ccc([I+]c4ccc(Cc5ccc([S+](c6ccccc6)c6ccccc6)cc5)cc4)cc3)cc2)cc1. The van der Waals surface area contributed by atoms with Gasteiger partial charge in [0, 0.05) is 0 Å². The maximum Gasteiger partial charge on any atom is 0.460 e. The van der Waals surface area contributed by atoms with Gasteiger partial charge in [-0.15, -0.1) is 0 Å². The molecule has 0 saturated carbocycles. The number of hydrogen-bond acceptors (Lipinski definition) is 9. The molecule has 0 aliphatic rings. The van der Waals surface area contributed by atoms with Crippen molar-refractivity contribution < 1.29 is 179 Å². The highest BCUT2D eigenvalue weighted by atomic mass is 127. The van der Waals surface area contributed by atoms with Gasteiger partial charge < -0.3 is 13.7 Å². The van der Waals surface area contributed by atoms with Gasteiger partial charge in [-0.1, -0.05) is 121 Å². The Bertz CT molecular complexity index is 4040. The Morgan fingerprint density at radius 2 is 0.404 bits per heavy atom. The van der Waals surface area contributed by atoms with Crippen molar-refractivity contribution in [1.29, 1.82) is 0 Å². The summed E-state index contributed by atoms with van der Waals surface area (Å²) in [6, 6.07) is 80.7. The van der Waals surface area contributed by atoms with Crippen LogP contribution in [0.1, 0.15) is 22.3 Å². The second-order valence-corrected chi connectivity index (χ2v) is 32.1. The fraction of sp³-hybridized carbons (Fsp3) is 0.226. The van der Waals surface area contributed by atoms with Crippen molar-refractivity contribution in [3.63, 3.8) is 0 Å². The molecule has 0 atom stereocenters. The minimum atomic E-state index is -7.43. The van der Waals surface area contributed by atoms with E-state index in [4.69, 9.17) is 0 Å². The Morgan fingerprint density at radius 1 is 0.240 bits per heavy atom. The Morgan fingerprint density at radius 3 is 0.567 bits per heavy atom. The highest BCUT2D eigenvalue weighted by molar-refractivity contribution is 7.97. The molecule has 8 aromatic carbocycles. The lowest BCUT2D eigenvalue weighted by Gasteiger charge is -2.34. The van der Waals surface area contributed by atoms with Gasteiger partial charge in [0.1, 0.15) is 0 Å². The van der Waals surface area contributed by atoms with Crippen molar-refractivity contribution in [1.82, 2.24) is 0 Å². The van der Waals surface area contributed by atoms with E-state index in [-0.39, 0.29) is 43.0 Å². The van der Waals surface area contributed by atoms with Gasteiger partial charge in [-0.3, -0.25) is 0 Å². The van der Waals surface area contributed by atoms with Crippen LogP contribution in [0.3, 0.4) is 0 Å². The van der Waals surface area contributed by atoms with Crippen molar-refractivity contribution in [2.45, 2.75) is 112 Å². The summed E-state index contributed by atoms with van der Waals surface area (Å²) < 4.78 is 409. The van der Waals surface area contributed by atoms with E-state index in [0.29, 0.717) is 0 Å². The highest BCUT2D eigenvalue weighted by Gasteiger charge is 2.86. The third-order valence-electron chi connectivity index (χ3n) is 13.4. The summed E-state index contributed by atoms with van der Waals surface area (Å²) in [5, 5.41) is -21.3. The summed E-state index contributed by atoms with van der Waals surface area (Å²) in [6.07, 6.45) is -19.6. The van der Waals surface area contributed by atoms with Gasteiger partial charge >= 0.3 is 91.0 Å². The second kappa shape index (κ2) is 32.2. The number of hydrogen-bond donors (Lipinski definition) is 0. The summed E-state index contributed by atoms with van der Waals surface area (Å²) in [6.45, 7) is 0. The van der Waals surface area contributed by atoms with Crippen molar-refractivity contribution in [2.24, 2.45) is 0 Å². The van der Waals surface area contributed by atoms with Crippen LogP contribution in [0, 0.1) is 7.14 Å². The molecule has 104 heavy (non-hydrogen) atoms. The molecular formula is C62H40F27IO9S5. The van der Waals surface area contributed by atoms with Crippen molar-refractivity contribution >= 4 is 52.1 Å². The zero-order valence-electron chi connectivity index (χ0n) is 50.5. The van der Waals surface area contributed by atoms with E-state index in [1.807, 2.05) is 0 Å². The molecule has 0 aliphatic carbocycles. The van der Waals surface area contributed by atoms with Gasteiger partial charge in [-0.25, -0.2) is 25.3 Å². The van der Waals surface area contributed by atoms with E-state index in [1.165, 1.54) is 58.8 Å². The van der Waals surface area contributed by atoms with Crippen LogP contribution >= 0.6 is 0 Å². The molecule has 0 amide bonds. The van der Waals surface area contributed by atoms with Gasteiger partial charge in [0.15, 0.2) is 66.9 Å². The first-order valence-corrected chi connectivity index (χ1v) is 36.2. The summed E-state index contributed by atoms with van der Waals surface area (Å²) in [7, 11) is -22.5. The third kappa shape index (κ3) is 19.2. The summed E-state index contributed by atoms with van der Waals surface area (Å²) >= 11 is -0.230. The molecular weight excluding hydrogens is 1690 g/mol. The molecule has 0 fully saturated rings. The summed E-state index contributed by atoms with van der Waals surface area (Å²) in [5.74, 6) is -44.5. The van der Waals surface area contributed by atoms with Crippen LogP contribution < -0.4 is 21.2 Å². The maximum absolute atomic E-state index is 12.2. The number of benzene rings is 8. The maximum atomic E-state index is 12.2. The smallest absolute Gasteiger partial charge is 0.460 e. The zero-order valence-corrected chi connectivity index (χ0v) is 56.7. The van der Waals surface area contributed by atoms with Crippen LogP contribution in [0.15, 0.2) is 248 Å². The van der Waals surface area contributed by atoms with E-state index in [2.05, 4.69) is 218 Å². The van der Waals surface area contributed by atoms with Gasteiger partial charge in [-0.05, 0) is 132 Å². The molecule has 9 nitrogen and oxygen atoms in total. The first-order valence-electron chi connectivity index (χ1n) is 27.4. The molecule has 0 N–H and O–H groups in total. The lowest BCUT2D eigenvalue weighted by molar-refractivity contribution is -0.597. The van der Waals surface area contributed by atoms with Gasteiger partial charge in [0.2, 0.25) is 0 Å². The van der Waals surface area contributed by atoms with Crippen LogP contribution in [0.4, 0.5) is 119 Å². The molecule has 0 unspecified atom stereocenters. The first-order chi connectivity index (χ1) is 47.2. The van der Waals surface area contributed by atoms with Crippen molar-refractivity contribution in [2.75, 3.05) is 0 Å². The summed E-state index contributed by atoms with van der Waals surface area (Å²) in [5.41, 5.74) is 5.41. The molecule has 0 heterocycles. The quantitative estimate of drug-likeness (QED) is 0.0294. The molecule has 0 saturated heterocycles. The van der Waals surface area contributed by atoms with Crippen LogP contribution in [0.2, 0.25) is 0 Å². The molecule has 8 aromatic rings. The molecule has 0 bridgehead atoms. The number of rotatable bonds is 21. The number of halogens is 28. The van der Waals surface area contributed by atoms with Gasteiger partial charge in [0.25, 0.3) is 0 Å². The Labute approximate surface area is 587 Å². The Kier molecular flexibility index (Phi) is 27.2. The Balaban J connectivity index is 0.000000311. The van der Waals surface area contributed by atoms with E-state index in [0.717, 1.165) is 12.8 Å². The predicted molar refractivity (Wildman–Crippen MR) is 311 cm³/mol. The molecule has 8 rings (SSSR count). The van der Waals surface area contributed by atoms with E-state index in [1.54, 1.807) is 0 Å². The zero-order chi connectivity index (χ0) is 79.2. The van der Waals surface area contributed by atoms with Crippen LogP contribution in [0.5, 0.6) is 0 Å². The van der Waals surface area contributed by atoms with E-state index in [9.17, 15) is 157 Å². The lowest BCUT2D eigenvalue weighted by Crippen LogP contribution is -3.61. The van der Waals surface area contributed by atoms with E-state index >= 15 is 0 Å². The standard InChI is InChI=1S/C50H40IS2.3C4HF9O3S/c1-5-13-45(14-6-1)52(46-15-7-2-8-16-46)49-33-25-41(26-34-49)37-39-21-29-43(30-22-39)51-44-31-23-40(24-32-44)38-42-27-35-50(36-28-42)53(47-17-9-3-10-18-47)48-19-11-4-12-20-48;3*5-1(6,3(9,10)11)2(7,8)4(12,13)17(14,15)16/h1-36H,37-38H2;3*(H,14,15,16)/q+3;;;/p-3. The lowest BCUT2D eigenvalue weighted by atomic mass is 10.1. The topological polar surface area (TPSA) is 172 Å². The van der Waals surface area contributed by atoms with Crippen LogP contribution in [-0.4, -0.2) is 109 Å². The number of alkyl halides is 27. The fourth-order valence-corrected chi connectivity index (χ4v) is 15.7. The van der Waals surface area contributed by atoms with Gasteiger partial charge in [-0.2, -0.15) is 119 Å². The molecule has 42 heteroatoms. The van der Waals surface area contributed by atoms with Gasteiger partial charge in [0.05, 0.1) is 21.8 Å². The second-order valence-electron chi connectivity index (χ2n) is 20.7. The third-order valence-corrected chi connectivity index (χ3v) is 23.2. The molecule has 0 aromatic heterocycles. The van der Waals surface area contributed by atoms with Crippen LogP contribution in [0.25, 0.3) is 0 Å². The molecule has 0 spiro atoms. The van der Waals surface area contributed by atoms with Crippen LogP contribution in [-0.2, 0) is 65.0 Å². The molecule has 0 aliphatic heterocycles. The predicted octanol–water partition coefficient (Wildman–Crippen LogP) is 15.1. The van der Waals surface area contributed by atoms with Crippen molar-refractivity contribution in [3.05, 3.63) is 248 Å². The largest absolute Gasteiger partial charge is 0.743 e. The normalized spacial score (nSPS) is 13.6. The fourth-order valence-electron chi connectivity index (χ4n) is 8.01. The Hall–Kier alpha value is -6.97. The summed E-state index contributed by atoms with van der Waals surface area (Å²) in [4.78, 5) is 8.10. The van der Waals surface area contributed by atoms with E-state index < -0.39 is 100 Å². The highest BCUT2D eigenvalue weighted by Crippen LogP contribution is 2.57. The monoisotopic (exact) mass is 1730 g/mol. The molecule has 568 valence electrons. The first kappa shape index (κ1) is 87.7. The average Bonchev–Trinajstić information content (AvgIpc) is 0.740. The average molecular weight is 1730 g/mol. The minimum absolute atomic E-state index is 0.115.